The zero-order valence-electron chi connectivity index (χ0n) is 15.6. The minimum atomic E-state index is 0. The fourth-order valence-corrected chi connectivity index (χ4v) is 3.42. The van der Waals surface area contributed by atoms with Crippen molar-refractivity contribution >= 4 is 35.8 Å². The molecule has 0 heterocycles. The molecule has 1 aromatic carbocycles. The number of rotatable bonds is 8. The number of nitrogens with one attached hydrogen (secondary N) is 3. The Hall–Kier alpha value is -1.31. The van der Waals surface area contributed by atoms with Gasteiger partial charge in [-0.1, -0.05) is 36.8 Å². The molecule has 3 N–H and O–H groups in total. The van der Waals surface area contributed by atoms with Gasteiger partial charge in [0.25, 0.3) is 0 Å². The van der Waals surface area contributed by atoms with E-state index in [0.29, 0.717) is 12.5 Å². The second-order valence-electron chi connectivity index (χ2n) is 7.30. The van der Waals surface area contributed by atoms with Crippen molar-refractivity contribution in [1.82, 2.24) is 16.0 Å². The molecule has 3 rings (SSSR count). The molecule has 2 saturated carbocycles. The summed E-state index contributed by atoms with van der Waals surface area (Å²) in [6, 6.07) is 11.2. The second-order valence-corrected chi connectivity index (χ2v) is 7.30. The number of hydrogen-bond acceptors (Lipinski definition) is 2. The lowest BCUT2D eigenvalue weighted by atomic mass is 9.64. The maximum Gasteiger partial charge on any atom is 0.220 e. The van der Waals surface area contributed by atoms with Crippen LogP contribution in [0.3, 0.4) is 0 Å². The molecule has 2 aliphatic carbocycles. The summed E-state index contributed by atoms with van der Waals surface area (Å²) < 4.78 is 0. The van der Waals surface area contributed by atoms with E-state index in [4.69, 9.17) is 0 Å². The van der Waals surface area contributed by atoms with Gasteiger partial charge in [-0.2, -0.15) is 0 Å². The van der Waals surface area contributed by atoms with Gasteiger partial charge in [0.2, 0.25) is 5.91 Å². The molecule has 0 radical (unpaired) electrons. The summed E-state index contributed by atoms with van der Waals surface area (Å²) in [6.07, 6.45) is 7.42. The molecule has 0 aliphatic heterocycles. The standard InChI is InChI=1S/C20H30N4O.HI/c1-21-19(22-14-5-9-18(25)24-17-10-11-17)23-15-20(12-6-13-20)16-7-3-2-4-8-16;/h2-4,7-8,17H,5-6,9-15H2,1H3,(H,24,25)(H2,21,22,23);1H. The van der Waals surface area contributed by atoms with Gasteiger partial charge in [0, 0.05) is 38.0 Å². The predicted octanol–water partition coefficient (Wildman–Crippen LogP) is 2.95. The van der Waals surface area contributed by atoms with Gasteiger partial charge in [-0.3, -0.25) is 9.79 Å². The van der Waals surface area contributed by atoms with Crippen LogP contribution in [0.4, 0.5) is 0 Å². The van der Waals surface area contributed by atoms with Crippen LogP contribution in [0, 0.1) is 0 Å². The number of amides is 1. The van der Waals surface area contributed by atoms with Crippen LogP contribution in [0.25, 0.3) is 0 Å². The van der Waals surface area contributed by atoms with Gasteiger partial charge < -0.3 is 16.0 Å². The molecule has 0 spiro atoms. The Kier molecular flexibility index (Phi) is 8.18. The quantitative estimate of drug-likeness (QED) is 0.237. The first kappa shape index (κ1) is 21.0. The molecule has 0 saturated heterocycles. The van der Waals surface area contributed by atoms with Crippen LogP contribution in [0.2, 0.25) is 0 Å². The molecule has 6 heteroatoms. The summed E-state index contributed by atoms with van der Waals surface area (Å²) in [5, 5.41) is 9.83. The minimum Gasteiger partial charge on any atom is -0.356 e. The maximum absolute atomic E-state index is 11.7. The molecule has 1 aromatic rings. The Balaban J connectivity index is 0.00000243. The third-order valence-electron chi connectivity index (χ3n) is 5.33. The van der Waals surface area contributed by atoms with Gasteiger partial charge in [0.15, 0.2) is 5.96 Å². The van der Waals surface area contributed by atoms with Crippen LogP contribution in [0.15, 0.2) is 35.3 Å². The summed E-state index contributed by atoms with van der Waals surface area (Å²) in [5.41, 5.74) is 1.66. The molecule has 0 bridgehead atoms. The van der Waals surface area contributed by atoms with Gasteiger partial charge in [-0.15, -0.1) is 24.0 Å². The lowest BCUT2D eigenvalue weighted by Gasteiger charge is -2.43. The molecule has 0 unspecified atom stereocenters. The summed E-state index contributed by atoms with van der Waals surface area (Å²) in [7, 11) is 1.80. The van der Waals surface area contributed by atoms with Crippen LogP contribution in [-0.4, -0.2) is 38.0 Å². The van der Waals surface area contributed by atoms with E-state index < -0.39 is 0 Å². The first-order valence-electron chi connectivity index (χ1n) is 9.51. The Morgan fingerprint density at radius 1 is 1.19 bits per heavy atom. The highest BCUT2D eigenvalue weighted by molar-refractivity contribution is 14.0. The molecule has 0 atom stereocenters. The fraction of sp³-hybridized carbons (Fsp3) is 0.600. The molecule has 2 aliphatic rings. The third-order valence-corrected chi connectivity index (χ3v) is 5.33. The van der Waals surface area contributed by atoms with Gasteiger partial charge in [0.1, 0.15) is 0 Å². The SMILES string of the molecule is CN=C(NCCCC(=O)NC1CC1)NCC1(c2ccccc2)CCC1.I. The van der Waals surface area contributed by atoms with Gasteiger partial charge in [0.05, 0.1) is 0 Å². The number of benzene rings is 1. The zero-order valence-corrected chi connectivity index (χ0v) is 17.9. The highest BCUT2D eigenvalue weighted by Crippen LogP contribution is 2.43. The number of carbonyl (C=O) groups is 1. The van der Waals surface area contributed by atoms with E-state index in [1.807, 2.05) is 0 Å². The van der Waals surface area contributed by atoms with Crippen LogP contribution < -0.4 is 16.0 Å². The van der Waals surface area contributed by atoms with Crippen LogP contribution >= 0.6 is 24.0 Å². The Morgan fingerprint density at radius 2 is 1.92 bits per heavy atom. The van der Waals surface area contributed by atoms with Crippen LogP contribution in [0.5, 0.6) is 0 Å². The average Bonchev–Trinajstić information content (AvgIpc) is 3.40. The molecule has 1 amide bonds. The summed E-state index contributed by atoms with van der Waals surface area (Å²) in [5.74, 6) is 0.995. The van der Waals surface area contributed by atoms with E-state index in [9.17, 15) is 4.79 Å². The first-order valence-corrected chi connectivity index (χ1v) is 9.51. The molecular weight excluding hydrogens is 439 g/mol. The highest BCUT2D eigenvalue weighted by Gasteiger charge is 2.38. The summed E-state index contributed by atoms with van der Waals surface area (Å²) in [6.45, 7) is 1.66. The van der Waals surface area contributed by atoms with Gasteiger partial charge >= 0.3 is 0 Å². The Bertz CT molecular complexity index is 597. The topological polar surface area (TPSA) is 65.5 Å². The van der Waals surface area contributed by atoms with Gasteiger partial charge in [-0.05, 0) is 37.7 Å². The van der Waals surface area contributed by atoms with E-state index >= 15 is 0 Å². The number of nitrogens with zero attached hydrogens (tertiary/aromatic N) is 1. The van der Waals surface area contributed by atoms with Crippen molar-refractivity contribution in [3.05, 3.63) is 35.9 Å². The largest absolute Gasteiger partial charge is 0.356 e. The Labute approximate surface area is 173 Å². The van der Waals surface area contributed by atoms with E-state index in [2.05, 4.69) is 51.3 Å². The van der Waals surface area contributed by atoms with Crippen LogP contribution in [0.1, 0.15) is 50.5 Å². The van der Waals surface area contributed by atoms with Crippen molar-refractivity contribution in [3.8, 4) is 0 Å². The predicted molar refractivity (Wildman–Crippen MR) is 117 cm³/mol. The number of halogens is 1. The number of hydrogen-bond donors (Lipinski definition) is 3. The Morgan fingerprint density at radius 3 is 2.50 bits per heavy atom. The smallest absolute Gasteiger partial charge is 0.220 e. The molecule has 5 nitrogen and oxygen atoms in total. The van der Waals surface area contributed by atoms with E-state index in [1.165, 1.54) is 24.8 Å². The zero-order chi connectivity index (χ0) is 17.5. The van der Waals surface area contributed by atoms with Crippen molar-refractivity contribution in [2.75, 3.05) is 20.1 Å². The lowest BCUT2D eigenvalue weighted by molar-refractivity contribution is -0.121. The minimum absolute atomic E-state index is 0. The fourth-order valence-electron chi connectivity index (χ4n) is 3.42. The molecule has 144 valence electrons. The van der Waals surface area contributed by atoms with E-state index in [1.54, 1.807) is 7.05 Å². The monoisotopic (exact) mass is 470 g/mol. The molecule has 2 fully saturated rings. The van der Waals surface area contributed by atoms with Gasteiger partial charge in [-0.25, -0.2) is 0 Å². The average molecular weight is 470 g/mol. The molecular formula is C20H31IN4O. The van der Waals surface area contributed by atoms with Crippen molar-refractivity contribution in [3.63, 3.8) is 0 Å². The first-order chi connectivity index (χ1) is 12.2. The number of guanidine groups is 1. The number of aliphatic imine (C=N–C) groups is 1. The highest BCUT2D eigenvalue weighted by atomic mass is 127. The normalized spacial score (nSPS) is 18.3. The maximum atomic E-state index is 11.7. The van der Waals surface area contributed by atoms with E-state index in [0.717, 1.165) is 38.3 Å². The van der Waals surface area contributed by atoms with Crippen molar-refractivity contribution in [2.24, 2.45) is 4.99 Å². The van der Waals surface area contributed by atoms with Crippen molar-refractivity contribution < 1.29 is 4.79 Å². The van der Waals surface area contributed by atoms with Crippen LogP contribution in [-0.2, 0) is 10.2 Å². The third kappa shape index (κ3) is 5.86. The van der Waals surface area contributed by atoms with Crippen molar-refractivity contribution in [2.45, 2.75) is 56.4 Å². The number of carbonyl (C=O) groups excluding carboxylic acids is 1. The van der Waals surface area contributed by atoms with Crippen molar-refractivity contribution in [1.29, 1.82) is 0 Å². The molecule has 26 heavy (non-hydrogen) atoms. The second kappa shape index (κ2) is 10.1. The summed E-state index contributed by atoms with van der Waals surface area (Å²) >= 11 is 0. The lowest BCUT2D eigenvalue weighted by Crippen LogP contribution is -2.49. The van der Waals surface area contributed by atoms with E-state index in [-0.39, 0.29) is 35.3 Å². The molecule has 0 aromatic heterocycles. The summed E-state index contributed by atoms with van der Waals surface area (Å²) in [4.78, 5) is 16.0.